The van der Waals surface area contributed by atoms with Gasteiger partial charge in [0.25, 0.3) is 5.82 Å². The first-order chi connectivity index (χ1) is 18.2. The van der Waals surface area contributed by atoms with Crippen molar-refractivity contribution in [3.05, 3.63) is 18.2 Å². The van der Waals surface area contributed by atoms with Crippen LogP contribution in [0.5, 0.6) is 0 Å². The molecule has 37 heavy (non-hydrogen) atoms. The van der Waals surface area contributed by atoms with Crippen LogP contribution in [-0.2, 0) is 0 Å². The number of hydrogen-bond acceptors (Lipinski definition) is 0. The van der Waals surface area contributed by atoms with Gasteiger partial charge in [0.1, 0.15) is 12.4 Å². The van der Waals surface area contributed by atoms with Crippen molar-refractivity contribution in [1.29, 1.82) is 0 Å². The van der Waals surface area contributed by atoms with Gasteiger partial charge >= 0.3 is 0 Å². The lowest BCUT2D eigenvalue weighted by Gasteiger charge is -2.15. The minimum absolute atomic E-state index is 0.549. The molecule has 0 atom stereocenters. The quantitative estimate of drug-likeness (QED) is 0.0842. The molecule has 1 aromatic heterocycles. The molecule has 1 heterocycles. The molecule has 0 fully saturated rings. The largest absolute Gasteiger partial charge is 0.257 e. The fourth-order valence-corrected chi connectivity index (χ4v) is 6.02. The second kappa shape index (κ2) is 25.5. The molecule has 2 heteroatoms. The van der Waals surface area contributed by atoms with E-state index < -0.39 is 0 Å². The number of H-pyrrole nitrogens is 1. The maximum Gasteiger partial charge on any atom is 0.257 e. The minimum Gasteiger partial charge on any atom is -0.247 e. The predicted octanol–water partition coefficient (Wildman–Crippen LogP) is 12.1. The maximum atomic E-state index is 3.64. The van der Waals surface area contributed by atoms with Crippen LogP contribution >= 0.6 is 0 Å². The summed E-state index contributed by atoms with van der Waals surface area (Å²) >= 11 is 0. The van der Waals surface area contributed by atoms with Crippen molar-refractivity contribution >= 4 is 0 Å². The lowest BCUT2D eigenvalue weighted by atomic mass is 9.93. The van der Waals surface area contributed by atoms with E-state index in [-0.39, 0.29) is 0 Å². The van der Waals surface area contributed by atoms with Gasteiger partial charge in [0.05, 0.1) is 12.0 Å². The first kappa shape index (κ1) is 34.2. The summed E-state index contributed by atoms with van der Waals surface area (Å²) in [5, 5.41) is 0. The van der Waals surface area contributed by atoms with E-state index in [1.807, 2.05) is 0 Å². The lowest BCUT2D eigenvalue weighted by Crippen LogP contribution is -2.39. The highest BCUT2D eigenvalue weighted by Gasteiger charge is 2.23. The van der Waals surface area contributed by atoms with Crippen molar-refractivity contribution < 1.29 is 4.57 Å². The monoisotopic (exact) mass is 518 g/mol. The first-order valence-electron chi connectivity index (χ1n) is 17.3. The molecule has 0 bridgehead atoms. The fourth-order valence-electron chi connectivity index (χ4n) is 6.02. The zero-order chi connectivity index (χ0) is 26.8. The Hall–Kier alpha value is -0.790. The van der Waals surface area contributed by atoms with Gasteiger partial charge in [-0.2, -0.15) is 0 Å². The molecule has 0 saturated heterocycles. The van der Waals surface area contributed by atoms with E-state index in [1.54, 1.807) is 0 Å². The molecule has 0 aromatic carbocycles. The molecule has 0 saturated carbocycles. The predicted molar refractivity (Wildman–Crippen MR) is 166 cm³/mol. The SMILES string of the molecule is CCCCCCCCCCCCCCC(CCCCCCCCCCCCCC)c1[nH]cc[n+]1C(C)C. The highest BCUT2D eigenvalue weighted by atomic mass is 15.1. The summed E-state index contributed by atoms with van der Waals surface area (Å²) in [7, 11) is 0. The Bertz CT molecular complexity index is 548. The van der Waals surface area contributed by atoms with Gasteiger partial charge in [-0.15, -0.1) is 0 Å². The fraction of sp³-hybridized carbons (Fsp3) is 0.914. The van der Waals surface area contributed by atoms with Crippen molar-refractivity contribution in [2.24, 2.45) is 0 Å². The highest BCUT2D eigenvalue weighted by molar-refractivity contribution is 4.90. The normalized spacial score (nSPS) is 11.8. The highest BCUT2D eigenvalue weighted by Crippen LogP contribution is 2.27. The van der Waals surface area contributed by atoms with Crippen molar-refractivity contribution in [2.75, 3.05) is 0 Å². The van der Waals surface area contributed by atoms with Gasteiger partial charge < -0.3 is 0 Å². The Morgan fingerprint density at radius 3 is 1.16 bits per heavy atom. The molecule has 1 aromatic rings. The van der Waals surface area contributed by atoms with Crippen LogP contribution in [0.1, 0.15) is 212 Å². The lowest BCUT2D eigenvalue weighted by molar-refractivity contribution is -0.723. The molecule has 1 rings (SSSR count). The van der Waals surface area contributed by atoms with Crippen LogP contribution in [0.25, 0.3) is 0 Å². The third-order valence-corrected chi connectivity index (χ3v) is 8.50. The zero-order valence-corrected chi connectivity index (χ0v) is 26.1. The summed E-state index contributed by atoms with van der Waals surface area (Å²) in [5.74, 6) is 2.20. The minimum atomic E-state index is 0.549. The maximum absolute atomic E-state index is 3.64. The Kier molecular flexibility index (Phi) is 23.6. The number of unbranched alkanes of at least 4 members (excludes halogenated alkanes) is 22. The van der Waals surface area contributed by atoms with Crippen molar-refractivity contribution in [1.82, 2.24) is 4.98 Å². The molecule has 0 unspecified atom stereocenters. The van der Waals surface area contributed by atoms with Crippen LogP contribution in [0.4, 0.5) is 0 Å². The van der Waals surface area contributed by atoms with Gasteiger partial charge in [-0.1, -0.05) is 168 Å². The number of aromatic amines is 1. The average molecular weight is 518 g/mol. The second-order valence-corrected chi connectivity index (χ2v) is 12.4. The van der Waals surface area contributed by atoms with Gasteiger partial charge in [-0.05, 0) is 26.7 Å². The zero-order valence-electron chi connectivity index (χ0n) is 26.1. The van der Waals surface area contributed by atoms with E-state index in [2.05, 4.69) is 49.6 Å². The molecule has 218 valence electrons. The van der Waals surface area contributed by atoms with E-state index in [1.165, 1.54) is 173 Å². The van der Waals surface area contributed by atoms with Crippen LogP contribution in [0.15, 0.2) is 12.4 Å². The number of nitrogens with one attached hydrogen (secondary N) is 1. The Balaban J connectivity index is 2.18. The molecular weight excluding hydrogens is 448 g/mol. The molecule has 0 aliphatic rings. The van der Waals surface area contributed by atoms with E-state index in [9.17, 15) is 0 Å². The number of imidazole rings is 1. The summed E-state index contributed by atoms with van der Waals surface area (Å²) in [6, 6.07) is 0.549. The Morgan fingerprint density at radius 1 is 0.514 bits per heavy atom. The van der Waals surface area contributed by atoms with Gasteiger partial charge in [0.2, 0.25) is 0 Å². The summed E-state index contributed by atoms with van der Waals surface area (Å²) in [5.41, 5.74) is 0. The van der Waals surface area contributed by atoms with Gasteiger partial charge in [-0.25, -0.2) is 9.55 Å². The topological polar surface area (TPSA) is 19.7 Å². The van der Waals surface area contributed by atoms with Crippen LogP contribution in [-0.4, -0.2) is 4.98 Å². The van der Waals surface area contributed by atoms with E-state index in [0.29, 0.717) is 12.0 Å². The molecule has 1 N–H and O–H groups in total. The molecule has 0 spiro atoms. The van der Waals surface area contributed by atoms with Crippen LogP contribution in [0, 0.1) is 0 Å². The third-order valence-electron chi connectivity index (χ3n) is 8.50. The molecular formula is C35H69N2+. The average Bonchev–Trinajstić information content (AvgIpc) is 3.39. The third kappa shape index (κ3) is 19.0. The smallest absolute Gasteiger partial charge is 0.247 e. The van der Waals surface area contributed by atoms with E-state index >= 15 is 0 Å². The van der Waals surface area contributed by atoms with E-state index in [0.717, 1.165) is 0 Å². The summed E-state index contributed by atoms with van der Waals surface area (Å²) < 4.78 is 2.49. The molecule has 0 aliphatic carbocycles. The van der Waals surface area contributed by atoms with Crippen molar-refractivity contribution in [3.8, 4) is 0 Å². The van der Waals surface area contributed by atoms with Gasteiger partial charge in [-0.3, -0.25) is 0 Å². The number of rotatable bonds is 28. The molecule has 0 amide bonds. The number of aromatic nitrogens is 2. The summed E-state index contributed by atoms with van der Waals surface area (Å²) in [6.45, 7) is 9.26. The van der Waals surface area contributed by atoms with Gasteiger partial charge in [0.15, 0.2) is 0 Å². The van der Waals surface area contributed by atoms with Crippen molar-refractivity contribution in [3.63, 3.8) is 0 Å². The number of nitrogens with zero attached hydrogens (tertiary/aromatic N) is 1. The molecule has 0 aliphatic heterocycles. The summed E-state index contributed by atoms with van der Waals surface area (Å²) in [4.78, 5) is 3.64. The van der Waals surface area contributed by atoms with Crippen molar-refractivity contribution in [2.45, 2.75) is 207 Å². The van der Waals surface area contributed by atoms with Crippen LogP contribution < -0.4 is 4.57 Å². The van der Waals surface area contributed by atoms with Crippen LogP contribution in [0.2, 0.25) is 0 Å². The van der Waals surface area contributed by atoms with Gasteiger partial charge in [0, 0.05) is 0 Å². The van der Waals surface area contributed by atoms with Crippen LogP contribution in [0.3, 0.4) is 0 Å². The molecule has 0 radical (unpaired) electrons. The molecule has 2 nitrogen and oxygen atoms in total. The summed E-state index contributed by atoms with van der Waals surface area (Å²) in [6.07, 6.45) is 41.7. The standard InChI is InChI=1S/C35H68N2/c1-5-7-9-11-13-15-17-19-21-23-25-27-29-34(35-36-31-32-37(35)33(3)4)30-28-26-24-22-20-18-16-14-12-10-8-6-2/h31-34H,5-30H2,1-4H3/p+1. The number of hydrogen-bond donors (Lipinski definition) is 1. The Morgan fingerprint density at radius 2 is 0.838 bits per heavy atom. The second-order valence-electron chi connectivity index (χ2n) is 12.4. The van der Waals surface area contributed by atoms with E-state index in [4.69, 9.17) is 0 Å². The Labute approximate surface area is 234 Å². The first-order valence-corrected chi connectivity index (χ1v) is 17.3.